The van der Waals surface area contributed by atoms with Gasteiger partial charge in [0.1, 0.15) is 0 Å². The minimum absolute atomic E-state index is 0. The van der Waals surface area contributed by atoms with Crippen molar-refractivity contribution in [2.24, 2.45) is 0 Å². The van der Waals surface area contributed by atoms with Gasteiger partial charge in [-0.15, -0.1) is 60.1 Å². The van der Waals surface area contributed by atoms with E-state index in [4.69, 9.17) is 0 Å². The van der Waals surface area contributed by atoms with Crippen molar-refractivity contribution in [3.8, 4) is 11.1 Å². The van der Waals surface area contributed by atoms with Crippen LogP contribution in [0.4, 0.5) is 0 Å². The van der Waals surface area contributed by atoms with Gasteiger partial charge in [-0.25, -0.2) is 0 Å². The van der Waals surface area contributed by atoms with Crippen LogP contribution in [0.2, 0.25) is 0 Å². The fraction of sp³-hybridized carbons (Fsp3) is 0.0690. The third-order valence-electron chi connectivity index (χ3n) is 5.66. The summed E-state index contributed by atoms with van der Waals surface area (Å²) in [6, 6.07) is 39.8. The summed E-state index contributed by atoms with van der Waals surface area (Å²) in [6.07, 6.45) is 1.05. The van der Waals surface area contributed by atoms with Gasteiger partial charge < -0.3 is 0 Å². The molecule has 2 heteroatoms. The smallest absolute Gasteiger partial charge is 0.179 e. The Balaban J connectivity index is 0.000000149. The first-order valence-corrected chi connectivity index (χ1v) is 11.3. The summed E-state index contributed by atoms with van der Waals surface area (Å²) in [5.74, 6) is 0. The zero-order valence-electron chi connectivity index (χ0n) is 17.5. The fourth-order valence-electron chi connectivity index (χ4n) is 4.20. The van der Waals surface area contributed by atoms with E-state index in [0.29, 0.717) is 0 Å². The zero-order chi connectivity index (χ0) is 20.3. The number of hydrogen-bond donors (Lipinski definition) is 0. The van der Waals surface area contributed by atoms with Crippen molar-refractivity contribution in [1.29, 1.82) is 0 Å². The maximum atomic E-state index is 3.30. The van der Waals surface area contributed by atoms with Crippen molar-refractivity contribution in [1.82, 2.24) is 0 Å². The van der Waals surface area contributed by atoms with E-state index in [1.807, 2.05) is 6.07 Å². The number of fused-ring (bicyclic) bond motifs is 4. The quantitative estimate of drug-likeness (QED) is 0.159. The van der Waals surface area contributed by atoms with Gasteiger partial charge in [0.25, 0.3) is 0 Å². The van der Waals surface area contributed by atoms with Crippen LogP contribution in [0.5, 0.6) is 0 Å². The molecule has 0 spiro atoms. The molecule has 0 N–H and O–H groups in total. The molecule has 1 aliphatic carbocycles. The monoisotopic (exact) mass is 450 g/mol. The van der Waals surface area contributed by atoms with E-state index in [9.17, 15) is 0 Å². The van der Waals surface area contributed by atoms with Crippen LogP contribution < -0.4 is 10.6 Å². The summed E-state index contributed by atoms with van der Waals surface area (Å²) in [6.45, 7) is 2.21. The van der Waals surface area contributed by atoms with Crippen molar-refractivity contribution >= 4 is 30.0 Å². The SMILES string of the molecule is Cc1[cH-]c2ccccc2c1Pc1ccccc1.[Ti+2].[c-]1cccc2c1Cc1ccccc1-2. The second-order valence-corrected chi connectivity index (χ2v) is 9.00. The second-order valence-electron chi connectivity index (χ2n) is 7.68. The molecule has 0 heterocycles. The molecule has 31 heavy (non-hydrogen) atoms. The molecular formula is C29H23PTi. The summed E-state index contributed by atoms with van der Waals surface area (Å²) >= 11 is 0. The standard InChI is InChI=1S/C16H14P.C13H9.Ti/c1-12-11-13-7-5-6-10-15(13)16(12)17-14-8-3-2-4-9-14;1-3-7-12-10(5-1)9-11-6-2-4-8-13(11)12;/h2-11,17H,1H3;1-5,7-8H,9H2;/q2*-1;+2. The average Bonchev–Trinajstić information content (AvgIpc) is 3.32. The molecule has 5 aromatic rings. The number of aryl methyl sites for hydroxylation is 1. The molecule has 0 aromatic heterocycles. The third kappa shape index (κ3) is 4.63. The molecule has 1 unspecified atom stereocenters. The Morgan fingerprint density at radius 1 is 0.774 bits per heavy atom. The number of benzene rings is 4. The molecular weight excluding hydrogens is 427 g/mol. The van der Waals surface area contributed by atoms with E-state index in [-0.39, 0.29) is 21.7 Å². The van der Waals surface area contributed by atoms with Gasteiger partial charge in [-0.2, -0.15) is 29.8 Å². The van der Waals surface area contributed by atoms with E-state index >= 15 is 0 Å². The Kier molecular flexibility index (Phi) is 6.94. The van der Waals surface area contributed by atoms with Crippen LogP contribution in [-0.2, 0) is 28.1 Å². The average molecular weight is 450 g/mol. The van der Waals surface area contributed by atoms with Crippen LogP contribution in [0.25, 0.3) is 21.9 Å². The molecule has 148 valence electrons. The molecule has 0 nitrogen and oxygen atoms in total. The fourth-order valence-corrected chi connectivity index (χ4v) is 5.48. The molecule has 0 saturated heterocycles. The molecule has 0 aliphatic heterocycles. The summed E-state index contributed by atoms with van der Waals surface area (Å²) < 4.78 is 0. The predicted octanol–water partition coefficient (Wildman–Crippen LogP) is 6.55. The van der Waals surface area contributed by atoms with Crippen molar-refractivity contribution in [3.05, 3.63) is 126 Å². The first-order valence-electron chi connectivity index (χ1n) is 10.3. The first kappa shape index (κ1) is 21.9. The van der Waals surface area contributed by atoms with Gasteiger partial charge in [0, 0.05) is 0 Å². The van der Waals surface area contributed by atoms with Gasteiger partial charge >= 0.3 is 21.7 Å². The van der Waals surface area contributed by atoms with Crippen molar-refractivity contribution in [2.45, 2.75) is 13.3 Å². The first-order chi connectivity index (χ1) is 14.8. The predicted molar refractivity (Wildman–Crippen MR) is 132 cm³/mol. The van der Waals surface area contributed by atoms with Crippen molar-refractivity contribution in [3.63, 3.8) is 0 Å². The Morgan fingerprint density at radius 3 is 2.35 bits per heavy atom. The maximum absolute atomic E-state index is 3.30. The Hall–Kier alpha value is -2.37. The second kappa shape index (κ2) is 9.84. The molecule has 0 amide bonds. The Morgan fingerprint density at radius 2 is 1.48 bits per heavy atom. The minimum Gasteiger partial charge on any atom is -0.179 e. The summed E-state index contributed by atoms with van der Waals surface area (Å²) in [5, 5.41) is 5.68. The summed E-state index contributed by atoms with van der Waals surface area (Å²) in [7, 11) is 0.754. The Bertz CT molecular complexity index is 1260. The van der Waals surface area contributed by atoms with Crippen LogP contribution in [0.15, 0.2) is 103 Å². The van der Waals surface area contributed by atoms with Crippen molar-refractivity contribution < 1.29 is 21.7 Å². The maximum Gasteiger partial charge on any atom is 2.00 e. The molecule has 1 aliphatic rings. The van der Waals surface area contributed by atoms with Gasteiger partial charge in [-0.05, 0) is 11.7 Å². The van der Waals surface area contributed by atoms with E-state index < -0.39 is 0 Å². The molecule has 0 bridgehead atoms. The van der Waals surface area contributed by atoms with Crippen LogP contribution in [0, 0.1) is 13.0 Å². The van der Waals surface area contributed by atoms with Crippen LogP contribution in [0.3, 0.4) is 0 Å². The number of rotatable bonds is 2. The largest absolute Gasteiger partial charge is 2.00 e. The van der Waals surface area contributed by atoms with Gasteiger partial charge in [-0.3, -0.25) is 0 Å². The molecule has 0 fully saturated rings. The molecule has 0 saturated carbocycles. The van der Waals surface area contributed by atoms with Gasteiger partial charge in [0.2, 0.25) is 0 Å². The summed E-state index contributed by atoms with van der Waals surface area (Å²) in [4.78, 5) is 0. The van der Waals surface area contributed by atoms with E-state index in [1.165, 1.54) is 49.2 Å². The molecule has 0 radical (unpaired) electrons. The molecule has 6 rings (SSSR count). The topological polar surface area (TPSA) is 0 Å². The van der Waals surface area contributed by atoms with Crippen LogP contribution >= 0.6 is 8.58 Å². The van der Waals surface area contributed by atoms with E-state index in [0.717, 1.165) is 15.0 Å². The Labute approximate surface area is 201 Å². The normalized spacial score (nSPS) is 11.5. The van der Waals surface area contributed by atoms with E-state index in [2.05, 4.69) is 110 Å². The minimum atomic E-state index is 0. The van der Waals surface area contributed by atoms with Crippen molar-refractivity contribution in [2.75, 3.05) is 0 Å². The number of hydrogen-bond acceptors (Lipinski definition) is 0. The van der Waals surface area contributed by atoms with Gasteiger partial charge in [0.15, 0.2) is 0 Å². The third-order valence-corrected chi connectivity index (χ3v) is 7.19. The van der Waals surface area contributed by atoms with E-state index in [1.54, 1.807) is 0 Å². The van der Waals surface area contributed by atoms with Crippen LogP contribution in [-0.4, -0.2) is 0 Å². The van der Waals surface area contributed by atoms with Crippen LogP contribution in [0.1, 0.15) is 16.7 Å². The summed E-state index contributed by atoms with van der Waals surface area (Å²) in [5.41, 5.74) is 6.92. The molecule has 1 atom stereocenters. The van der Waals surface area contributed by atoms with Gasteiger partial charge in [-0.1, -0.05) is 78.7 Å². The zero-order valence-corrected chi connectivity index (χ0v) is 20.1. The molecule has 5 aromatic carbocycles. The van der Waals surface area contributed by atoms with Gasteiger partial charge in [0.05, 0.1) is 0 Å².